The van der Waals surface area contributed by atoms with E-state index in [1.54, 1.807) is 16.9 Å². The van der Waals surface area contributed by atoms with Gasteiger partial charge in [0.15, 0.2) is 0 Å². The van der Waals surface area contributed by atoms with Crippen LogP contribution >= 0.6 is 0 Å². The van der Waals surface area contributed by atoms with Crippen LogP contribution in [0.15, 0.2) is 23.5 Å². The molecule has 0 spiro atoms. The van der Waals surface area contributed by atoms with Gasteiger partial charge in [0.25, 0.3) is 5.56 Å². The standard InChI is InChI=1S/C9H11N3O/c1-6(2)7-4-12-5-10-3-8(12)9(13)11-7/h3-6H,1-2H3,(H,11,13). The van der Waals surface area contributed by atoms with E-state index >= 15 is 0 Å². The second kappa shape index (κ2) is 2.73. The Morgan fingerprint density at radius 2 is 2.31 bits per heavy atom. The van der Waals surface area contributed by atoms with Crippen molar-refractivity contribution in [2.24, 2.45) is 0 Å². The summed E-state index contributed by atoms with van der Waals surface area (Å²) in [6.45, 7) is 4.07. The number of H-pyrrole nitrogens is 1. The maximum Gasteiger partial charge on any atom is 0.274 e. The molecule has 1 N–H and O–H groups in total. The van der Waals surface area contributed by atoms with Gasteiger partial charge in [-0.15, -0.1) is 0 Å². The van der Waals surface area contributed by atoms with E-state index in [0.717, 1.165) is 5.69 Å². The van der Waals surface area contributed by atoms with Crippen LogP contribution in [0.4, 0.5) is 0 Å². The first kappa shape index (κ1) is 8.04. The van der Waals surface area contributed by atoms with Gasteiger partial charge < -0.3 is 4.98 Å². The Hall–Kier alpha value is -1.58. The van der Waals surface area contributed by atoms with Gasteiger partial charge in [0.05, 0.1) is 12.5 Å². The van der Waals surface area contributed by atoms with Crippen LogP contribution < -0.4 is 5.56 Å². The van der Waals surface area contributed by atoms with E-state index in [1.807, 2.05) is 20.0 Å². The first-order valence-electron chi connectivity index (χ1n) is 4.23. The van der Waals surface area contributed by atoms with E-state index < -0.39 is 0 Å². The number of nitrogens with one attached hydrogen (secondary N) is 1. The molecule has 0 radical (unpaired) electrons. The van der Waals surface area contributed by atoms with Gasteiger partial charge in [-0.3, -0.25) is 9.20 Å². The lowest BCUT2D eigenvalue weighted by atomic mass is 10.1. The van der Waals surface area contributed by atoms with Crippen molar-refractivity contribution in [2.75, 3.05) is 0 Å². The second-order valence-electron chi connectivity index (χ2n) is 3.38. The minimum atomic E-state index is -0.0799. The fraction of sp³-hybridized carbons (Fsp3) is 0.333. The smallest absolute Gasteiger partial charge is 0.274 e. The average molecular weight is 177 g/mol. The molecule has 0 atom stereocenters. The van der Waals surface area contributed by atoms with E-state index in [1.165, 1.54) is 0 Å². The van der Waals surface area contributed by atoms with Gasteiger partial charge >= 0.3 is 0 Å². The summed E-state index contributed by atoms with van der Waals surface area (Å²) in [6.07, 6.45) is 5.09. The first-order valence-corrected chi connectivity index (χ1v) is 4.23. The molecule has 4 heteroatoms. The van der Waals surface area contributed by atoms with Crippen molar-refractivity contribution < 1.29 is 0 Å². The summed E-state index contributed by atoms with van der Waals surface area (Å²) >= 11 is 0. The van der Waals surface area contributed by atoms with Crippen LogP contribution in [0.25, 0.3) is 5.52 Å². The Morgan fingerprint density at radius 3 is 3.00 bits per heavy atom. The Kier molecular flexibility index (Phi) is 1.69. The highest BCUT2D eigenvalue weighted by Gasteiger charge is 2.04. The van der Waals surface area contributed by atoms with Gasteiger partial charge in [0.1, 0.15) is 5.52 Å². The van der Waals surface area contributed by atoms with Gasteiger partial charge in [-0.25, -0.2) is 4.98 Å². The van der Waals surface area contributed by atoms with E-state index in [9.17, 15) is 4.79 Å². The van der Waals surface area contributed by atoms with Crippen molar-refractivity contribution in [1.82, 2.24) is 14.4 Å². The number of imidazole rings is 1. The maximum absolute atomic E-state index is 11.4. The monoisotopic (exact) mass is 177 g/mol. The molecule has 0 bridgehead atoms. The van der Waals surface area contributed by atoms with Crippen LogP contribution in [0.2, 0.25) is 0 Å². The highest BCUT2D eigenvalue weighted by atomic mass is 16.1. The molecule has 0 unspecified atom stereocenters. The van der Waals surface area contributed by atoms with E-state index in [0.29, 0.717) is 11.4 Å². The average Bonchev–Trinajstić information content (AvgIpc) is 2.51. The number of hydrogen-bond acceptors (Lipinski definition) is 2. The number of fused-ring (bicyclic) bond motifs is 1. The largest absolute Gasteiger partial charge is 0.323 e. The predicted octanol–water partition coefficient (Wildman–Crippen LogP) is 1.15. The summed E-state index contributed by atoms with van der Waals surface area (Å²) in [7, 11) is 0. The molecule has 0 aromatic carbocycles. The Labute approximate surface area is 75.2 Å². The fourth-order valence-corrected chi connectivity index (χ4v) is 1.25. The third-order valence-electron chi connectivity index (χ3n) is 2.06. The molecular formula is C9H11N3O. The Morgan fingerprint density at radius 1 is 1.54 bits per heavy atom. The second-order valence-corrected chi connectivity index (χ2v) is 3.38. The summed E-state index contributed by atoms with van der Waals surface area (Å²) in [5, 5.41) is 0. The van der Waals surface area contributed by atoms with Crippen LogP contribution in [-0.2, 0) is 0 Å². The molecule has 2 heterocycles. The highest BCUT2D eigenvalue weighted by Crippen LogP contribution is 2.09. The third-order valence-corrected chi connectivity index (χ3v) is 2.06. The van der Waals surface area contributed by atoms with E-state index in [-0.39, 0.29) is 5.56 Å². The first-order chi connectivity index (χ1) is 6.18. The summed E-state index contributed by atoms with van der Waals surface area (Å²) in [5.74, 6) is 0.319. The molecule has 0 fully saturated rings. The van der Waals surface area contributed by atoms with Crippen molar-refractivity contribution in [1.29, 1.82) is 0 Å². The van der Waals surface area contributed by atoms with Crippen LogP contribution in [0.5, 0.6) is 0 Å². The molecule has 0 aliphatic carbocycles. The summed E-state index contributed by atoms with van der Waals surface area (Å²) < 4.78 is 1.74. The number of nitrogens with zero attached hydrogens (tertiary/aromatic N) is 2. The summed E-state index contributed by atoms with van der Waals surface area (Å²) in [4.78, 5) is 18.2. The van der Waals surface area contributed by atoms with Gasteiger partial charge in [-0.1, -0.05) is 13.8 Å². The number of rotatable bonds is 1. The number of aromatic amines is 1. The van der Waals surface area contributed by atoms with Crippen LogP contribution in [0.1, 0.15) is 25.5 Å². The molecule has 0 aliphatic heterocycles. The lowest BCUT2D eigenvalue weighted by Gasteiger charge is -2.04. The van der Waals surface area contributed by atoms with Gasteiger partial charge in [-0.2, -0.15) is 0 Å². The molecule has 2 rings (SSSR count). The fourth-order valence-electron chi connectivity index (χ4n) is 1.25. The number of hydrogen-bond donors (Lipinski definition) is 1. The predicted molar refractivity (Wildman–Crippen MR) is 49.9 cm³/mol. The quantitative estimate of drug-likeness (QED) is 0.710. The molecule has 68 valence electrons. The summed E-state index contributed by atoms with van der Waals surface area (Å²) in [5.41, 5.74) is 1.43. The Balaban J connectivity index is 2.77. The molecule has 0 saturated carbocycles. The normalized spacial score (nSPS) is 11.3. The zero-order valence-corrected chi connectivity index (χ0v) is 7.61. The molecule has 4 nitrogen and oxygen atoms in total. The lowest BCUT2D eigenvalue weighted by Crippen LogP contribution is -2.12. The molecule has 2 aromatic rings. The topological polar surface area (TPSA) is 50.2 Å². The number of aromatic nitrogens is 3. The van der Waals surface area contributed by atoms with Crippen LogP contribution in [0.3, 0.4) is 0 Å². The molecular weight excluding hydrogens is 166 g/mol. The van der Waals surface area contributed by atoms with E-state index in [2.05, 4.69) is 9.97 Å². The van der Waals surface area contributed by atoms with Crippen molar-refractivity contribution in [3.8, 4) is 0 Å². The maximum atomic E-state index is 11.4. The van der Waals surface area contributed by atoms with Gasteiger partial charge in [-0.05, 0) is 5.92 Å². The summed E-state index contributed by atoms with van der Waals surface area (Å²) in [6, 6.07) is 0. The van der Waals surface area contributed by atoms with Crippen molar-refractivity contribution in [3.05, 3.63) is 34.8 Å². The molecule has 0 saturated heterocycles. The zero-order chi connectivity index (χ0) is 9.42. The van der Waals surface area contributed by atoms with Crippen LogP contribution in [-0.4, -0.2) is 14.4 Å². The van der Waals surface area contributed by atoms with Crippen LogP contribution in [0, 0.1) is 0 Å². The molecule has 0 aliphatic rings. The van der Waals surface area contributed by atoms with E-state index in [4.69, 9.17) is 0 Å². The SMILES string of the molecule is CC(C)c1cn2cncc2c(=O)[nH]1. The minimum Gasteiger partial charge on any atom is -0.323 e. The molecule has 13 heavy (non-hydrogen) atoms. The van der Waals surface area contributed by atoms with Crippen molar-refractivity contribution in [3.63, 3.8) is 0 Å². The van der Waals surface area contributed by atoms with Gasteiger partial charge in [0, 0.05) is 11.9 Å². The third kappa shape index (κ3) is 1.24. The van der Waals surface area contributed by atoms with Crippen molar-refractivity contribution >= 4 is 5.52 Å². The lowest BCUT2D eigenvalue weighted by molar-refractivity contribution is 0.801. The van der Waals surface area contributed by atoms with Gasteiger partial charge in [0.2, 0.25) is 0 Å². The van der Waals surface area contributed by atoms with Crippen molar-refractivity contribution in [2.45, 2.75) is 19.8 Å². The minimum absolute atomic E-state index is 0.0799. The Bertz CT molecular complexity index is 481. The zero-order valence-electron chi connectivity index (χ0n) is 7.61. The molecule has 0 amide bonds. The highest BCUT2D eigenvalue weighted by molar-refractivity contribution is 5.42. The molecule has 2 aromatic heterocycles.